The van der Waals surface area contributed by atoms with E-state index in [4.69, 9.17) is 0 Å². The number of hydrogen-bond acceptors (Lipinski definition) is 3. The van der Waals surface area contributed by atoms with Gasteiger partial charge in [-0.2, -0.15) is 0 Å². The molecule has 0 radical (unpaired) electrons. The first-order valence-corrected chi connectivity index (χ1v) is 8.48. The van der Waals surface area contributed by atoms with E-state index in [1.807, 2.05) is 0 Å². The quantitative estimate of drug-likeness (QED) is 0.713. The van der Waals surface area contributed by atoms with Crippen molar-refractivity contribution >= 4 is 5.95 Å². The Labute approximate surface area is 130 Å². The number of nitrogens with one attached hydrogen (secondary N) is 1. The highest BCUT2D eigenvalue weighted by Gasteiger charge is 2.10. The maximum Gasteiger partial charge on any atom is 0.203 e. The average molecular weight is 294 g/mol. The van der Waals surface area contributed by atoms with Crippen LogP contribution in [-0.4, -0.2) is 40.1 Å². The van der Waals surface area contributed by atoms with Crippen LogP contribution in [0.3, 0.4) is 0 Å². The van der Waals surface area contributed by atoms with Gasteiger partial charge in [-0.25, -0.2) is 4.98 Å². The normalized spacial score (nSPS) is 13.1. The van der Waals surface area contributed by atoms with Crippen molar-refractivity contribution in [2.24, 2.45) is 5.92 Å². The molecule has 1 N–H and O–H groups in total. The van der Waals surface area contributed by atoms with Gasteiger partial charge in [-0.3, -0.25) is 0 Å². The molecule has 0 aliphatic carbocycles. The van der Waals surface area contributed by atoms with E-state index in [0.29, 0.717) is 12.0 Å². The number of hydrogen-bond donors (Lipinski definition) is 1. The lowest BCUT2D eigenvalue weighted by atomic mass is 10.2. The van der Waals surface area contributed by atoms with Crippen molar-refractivity contribution in [3.63, 3.8) is 0 Å². The Morgan fingerprint density at radius 2 is 1.90 bits per heavy atom. The lowest BCUT2D eigenvalue weighted by Crippen LogP contribution is -2.26. The van der Waals surface area contributed by atoms with Crippen molar-refractivity contribution in [2.45, 2.75) is 67.0 Å². The monoisotopic (exact) mass is 294 g/mol. The van der Waals surface area contributed by atoms with Crippen molar-refractivity contribution in [3.8, 4) is 0 Å². The summed E-state index contributed by atoms with van der Waals surface area (Å²) in [6.45, 7) is 17.8. The predicted molar refractivity (Wildman–Crippen MR) is 91.9 cm³/mol. The average Bonchev–Trinajstić information content (AvgIpc) is 2.73. The molecule has 0 saturated heterocycles. The third-order valence-corrected chi connectivity index (χ3v) is 3.84. The fraction of sp³-hybridized carbons (Fsp3) is 0.824. The van der Waals surface area contributed by atoms with E-state index in [1.165, 1.54) is 19.4 Å². The lowest BCUT2D eigenvalue weighted by molar-refractivity contribution is 0.295. The van der Waals surface area contributed by atoms with Gasteiger partial charge in [0.15, 0.2) is 0 Å². The highest BCUT2D eigenvalue weighted by Crippen LogP contribution is 2.14. The molecule has 1 atom stereocenters. The second-order valence-corrected chi connectivity index (χ2v) is 6.47. The summed E-state index contributed by atoms with van der Waals surface area (Å²) < 4.78 is 2.25. The summed E-state index contributed by atoms with van der Waals surface area (Å²) in [6.07, 6.45) is 4.56. The molecule has 0 bridgehead atoms. The van der Waals surface area contributed by atoms with Crippen LogP contribution in [0.2, 0.25) is 0 Å². The number of aryl methyl sites for hydroxylation is 1. The molecule has 0 aromatic carbocycles. The van der Waals surface area contributed by atoms with Gasteiger partial charge < -0.3 is 14.8 Å². The first-order chi connectivity index (χ1) is 9.96. The van der Waals surface area contributed by atoms with E-state index >= 15 is 0 Å². The van der Waals surface area contributed by atoms with Gasteiger partial charge in [-0.1, -0.05) is 27.7 Å². The third-order valence-electron chi connectivity index (χ3n) is 3.84. The summed E-state index contributed by atoms with van der Waals surface area (Å²) in [4.78, 5) is 7.10. The minimum Gasteiger partial charge on any atom is -0.353 e. The molecule has 0 saturated carbocycles. The third kappa shape index (κ3) is 6.51. The molecule has 0 amide bonds. The molecule has 1 rings (SSSR count). The minimum absolute atomic E-state index is 0.466. The molecule has 21 heavy (non-hydrogen) atoms. The zero-order chi connectivity index (χ0) is 15.8. The Hall–Kier alpha value is -1.03. The molecule has 1 unspecified atom stereocenters. The molecule has 0 fully saturated rings. The lowest BCUT2D eigenvalue weighted by Gasteiger charge is -2.20. The van der Waals surface area contributed by atoms with Gasteiger partial charge in [0, 0.05) is 18.8 Å². The van der Waals surface area contributed by atoms with E-state index < -0.39 is 0 Å². The molecule has 1 aromatic rings. The number of imidazole rings is 1. The van der Waals surface area contributed by atoms with Gasteiger partial charge in [-0.05, 0) is 52.2 Å². The summed E-state index contributed by atoms with van der Waals surface area (Å²) in [5, 5.41) is 3.58. The van der Waals surface area contributed by atoms with Crippen LogP contribution in [0.15, 0.2) is 6.20 Å². The summed E-state index contributed by atoms with van der Waals surface area (Å²) in [5.41, 5.74) is 1.09. The van der Waals surface area contributed by atoms with E-state index in [0.717, 1.165) is 31.3 Å². The van der Waals surface area contributed by atoms with Gasteiger partial charge in [0.2, 0.25) is 5.95 Å². The molecule has 0 aliphatic rings. The van der Waals surface area contributed by atoms with E-state index in [-0.39, 0.29) is 0 Å². The Morgan fingerprint density at radius 1 is 1.24 bits per heavy atom. The molecule has 4 heteroatoms. The second kappa shape index (κ2) is 9.08. The first kappa shape index (κ1) is 18.0. The second-order valence-electron chi connectivity index (χ2n) is 6.47. The van der Waals surface area contributed by atoms with Crippen LogP contribution in [0.4, 0.5) is 5.95 Å². The molecule has 1 heterocycles. The Bertz CT molecular complexity index is 393. The largest absolute Gasteiger partial charge is 0.353 e. The Kier molecular flexibility index (Phi) is 7.79. The molecule has 1 aromatic heterocycles. The number of anilines is 1. The summed E-state index contributed by atoms with van der Waals surface area (Å²) >= 11 is 0. The molecule has 4 nitrogen and oxygen atoms in total. The SMILES string of the molecule is CCN(CC)CCCC(C)Nc1nc(C)cn1CC(C)C. The number of rotatable bonds is 10. The minimum atomic E-state index is 0.466. The maximum absolute atomic E-state index is 4.62. The zero-order valence-corrected chi connectivity index (χ0v) is 14.8. The molecular weight excluding hydrogens is 260 g/mol. The molecule has 0 aliphatic heterocycles. The van der Waals surface area contributed by atoms with E-state index in [2.05, 4.69) is 67.5 Å². The van der Waals surface area contributed by atoms with Crippen LogP contribution >= 0.6 is 0 Å². The van der Waals surface area contributed by atoms with Crippen LogP contribution in [0.5, 0.6) is 0 Å². The zero-order valence-electron chi connectivity index (χ0n) is 14.8. The van der Waals surface area contributed by atoms with Crippen molar-refractivity contribution in [1.29, 1.82) is 0 Å². The van der Waals surface area contributed by atoms with Gasteiger partial charge in [0.25, 0.3) is 0 Å². The fourth-order valence-electron chi connectivity index (χ4n) is 2.65. The highest BCUT2D eigenvalue weighted by atomic mass is 15.2. The number of nitrogens with zero attached hydrogens (tertiary/aromatic N) is 3. The van der Waals surface area contributed by atoms with Crippen molar-refractivity contribution in [1.82, 2.24) is 14.5 Å². The van der Waals surface area contributed by atoms with Crippen molar-refractivity contribution in [2.75, 3.05) is 25.0 Å². The number of aromatic nitrogens is 2. The van der Waals surface area contributed by atoms with Crippen molar-refractivity contribution in [3.05, 3.63) is 11.9 Å². The summed E-state index contributed by atoms with van der Waals surface area (Å²) in [6, 6.07) is 0.466. The van der Waals surface area contributed by atoms with Gasteiger partial charge >= 0.3 is 0 Å². The topological polar surface area (TPSA) is 33.1 Å². The van der Waals surface area contributed by atoms with E-state index in [1.54, 1.807) is 0 Å². The maximum atomic E-state index is 4.62. The molecule has 0 spiro atoms. The van der Waals surface area contributed by atoms with Crippen LogP contribution in [0.1, 0.15) is 53.2 Å². The molecule has 122 valence electrons. The molecular formula is C17H34N4. The van der Waals surface area contributed by atoms with E-state index in [9.17, 15) is 0 Å². The standard InChI is InChI=1S/C17H34N4/c1-7-20(8-2)11-9-10-15(5)18-17-19-16(6)13-21(17)12-14(3)4/h13-15H,7-12H2,1-6H3,(H,18,19). The van der Waals surface area contributed by atoms with Crippen LogP contribution in [0.25, 0.3) is 0 Å². The summed E-state index contributed by atoms with van der Waals surface area (Å²) in [5.74, 6) is 1.66. The Morgan fingerprint density at radius 3 is 2.48 bits per heavy atom. The highest BCUT2D eigenvalue weighted by molar-refractivity contribution is 5.30. The van der Waals surface area contributed by atoms with Crippen LogP contribution in [-0.2, 0) is 6.54 Å². The van der Waals surface area contributed by atoms with Gasteiger partial charge in [0.05, 0.1) is 5.69 Å². The smallest absolute Gasteiger partial charge is 0.203 e. The van der Waals surface area contributed by atoms with Crippen LogP contribution in [0, 0.1) is 12.8 Å². The van der Waals surface area contributed by atoms with Gasteiger partial charge in [-0.15, -0.1) is 0 Å². The van der Waals surface area contributed by atoms with Crippen LogP contribution < -0.4 is 5.32 Å². The fourth-order valence-corrected chi connectivity index (χ4v) is 2.65. The Balaban J connectivity index is 2.45. The van der Waals surface area contributed by atoms with Crippen molar-refractivity contribution < 1.29 is 0 Å². The summed E-state index contributed by atoms with van der Waals surface area (Å²) in [7, 11) is 0. The first-order valence-electron chi connectivity index (χ1n) is 8.48. The van der Waals surface area contributed by atoms with Gasteiger partial charge in [0.1, 0.15) is 0 Å². The predicted octanol–water partition coefficient (Wildman–Crippen LogP) is 3.77.